The fourth-order valence-corrected chi connectivity index (χ4v) is 2.15. The van der Waals surface area contributed by atoms with Gasteiger partial charge in [0.2, 0.25) is 5.91 Å². The molecule has 1 heterocycles. The van der Waals surface area contributed by atoms with Crippen LogP contribution in [-0.4, -0.2) is 47.6 Å². The number of hydrogen-bond donors (Lipinski definition) is 2. The number of hydrogen-bond acceptors (Lipinski definition) is 4. The van der Waals surface area contributed by atoms with E-state index in [2.05, 4.69) is 48.4 Å². The third kappa shape index (κ3) is 4.98. The molecule has 0 aromatic carbocycles. The molecule has 0 saturated heterocycles. The van der Waals surface area contributed by atoms with Crippen LogP contribution >= 0.6 is 0 Å². The van der Waals surface area contributed by atoms with E-state index in [1.807, 2.05) is 0 Å². The van der Waals surface area contributed by atoms with Gasteiger partial charge in [-0.15, -0.1) is 0 Å². The van der Waals surface area contributed by atoms with Crippen LogP contribution in [0.1, 0.15) is 40.5 Å². The number of nitrogens with one attached hydrogen (secondary N) is 2. The summed E-state index contributed by atoms with van der Waals surface area (Å²) in [6.45, 7) is 9.96. The first-order chi connectivity index (χ1) is 8.91. The minimum Gasteiger partial charge on any atom is -0.350 e. The minimum absolute atomic E-state index is 0.137. The van der Waals surface area contributed by atoms with Crippen LogP contribution in [0, 0.1) is 0 Å². The van der Waals surface area contributed by atoms with Crippen LogP contribution in [0.4, 0.5) is 0 Å². The molecule has 0 aromatic heterocycles. The molecule has 0 saturated carbocycles. The Balaban J connectivity index is 2.36. The first kappa shape index (κ1) is 15.6. The summed E-state index contributed by atoms with van der Waals surface area (Å²) in [4.78, 5) is 25.1. The fraction of sp³-hybridized carbons (Fsp3) is 0.769. The van der Waals surface area contributed by atoms with Gasteiger partial charge in [0.15, 0.2) is 0 Å². The largest absolute Gasteiger partial charge is 0.350 e. The quantitative estimate of drug-likeness (QED) is 0.736. The third-order valence-corrected chi connectivity index (χ3v) is 3.15. The Bertz CT molecular complexity index is 356. The van der Waals surface area contributed by atoms with E-state index in [4.69, 9.17) is 0 Å². The Morgan fingerprint density at radius 2 is 1.95 bits per heavy atom. The zero-order valence-corrected chi connectivity index (χ0v) is 12.2. The number of carbonyl (C=O) groups excluding carboxylic acids is 2. The smallest absolute Gasteiger partial charge is 0.267 e. The molecule has 0 aromatic rings. The predicted molar refractivity (Wildman–Crippen MR) is 74.8 cm³/mol. The van der Waals surface area contributed by atoms with Crippen molar-refractivity contribution in [2.75, 3.05) is 13.1 Å². The monoisotopic (exact) mass is 268 g/mol. The van der Waals surface area contributed by atoms with E-state index in [-0.39, 0.29) is 11.8 Å². The third-order valence-electron chi connectivity index (χ3n) is 3.15. The van der Waals surface area contributed by atoms with Crippen molar-refractivity contribution in [3.63, 3.8) is 0 Å². The van der Waals surface area contributed by atoms with Crippen molar-refractivity contribution < 1.29 is 9.59 Å². The van der Waals surface area contributed by atoms with Crippen LogP contribution in [-0.2, 0) is 9.59 Å². The number of amides is 2. The van der Waals surface area contributed by atoms with Crippen LogP contribution in [0.2, 0.25) is 0 Å². The number of carbonyl (C=O) groups is 2. The molecule has 0 fully saturated rings. The lowest BCUT2D eigenvalue weighted by Crippen LogP contribution is -2.44. The van der Waals surface area contributed by atoms with Gasteiger partial charge in [0.1, 0.15) is 5.71 Å². The maximum Gasteiger partial charge on any atom is 0.267 e. The molecule has 1 rings (SSSR count). The van der Waals surface area contributed by atoms with Gasteiger partial charge in [0.05, 0.1) is 0 Å². The minimum atomic E-state index is -0.188. The van der Waals surface area contributed by atoms with Crippen molar-refractivity contribution in [1.82, 2.24) is 15.6 Å². The van der Waals surface area contributed by atoms with Crippen LogP contribution in [0.5, 0.6) is 0 Å². The summed E-state index contributed by atoms with van der Waals surface area (Å²) in [5, 5.41) is 6.61. The Hall–Kier alpha value is -1.43. The first-order valence-electron chi connectivity index (χ1n) is 6.81. The van der Waals surface area contributed by atoms with Gasteiger partial charge in [-0.2, -0.15) is 5.10 Å². The second-order valence-corrected chi connectivity index (χ2v) is 5.27. The summed E-state index contributed by atoms with van der Waals surface area (Å²) < 4.78 is 0. The highest BCUT2D eigenvalue weighted by molar-refractivity contribution is 6.39. The van der Waals surface area contributed by atoms with E-state index in [0.717, 1.165) is 6.54 Å². The van der Waals surface area contributed by atoms with Gasteiger partial charge in [-0.3, -0.25) is 14.5 Å². The van der Waals surface area contributed by atoms with Crippen molar-refractivity contribution in [3.05, 3.63) is 0 Å². The molecular formula is C13H24N4O2. The Morgan fingerprint density at radius 1 is 1.32 bits per heavy atom. The van der Waals surface area contributed by atoms with Gasteiger partial charge in [0, 0.05) is 38.0 Å². The second-order valence-electron chi connectivity index (χ2n) is 5.27. The van der Waals surface area contributed by atoms with E-state index in [1.54, 1.807) is 0 Å². The van der Waals surface area contributed by atoms with Crippen molar-refractivity contribution in [1.29, 1.82) is 0 Å². The van der Waals surface area contributed by atoms with E-state index in [1.165, 1.54) is 0 Å². The zero-order chi connectivity index (χ0) is 14.4. The Kier molecular flexibility index (Phi) is 5.95. The van der Waals surface area contributed by atoms with Gasteiger partial charge >= 0.3 is 0 Å². The van der Waals surface area contributed by atoms with E-state index in [0.29, 0.717) is 37.2 Å². The highest BCUT2D eigenvalue weighted by atomic mass is 16.2. The highest BCUT2D eigenvalue weighted by Crippen LogP contribution is 2.03. The molecule has 1 aliphatic rings. The molecular weight excluding hydrogens is 244 g/mol. The van der Waals surface area contributed by atoms with Gasteiger partial charge in [-0.1, -0.05) is 0 Å². The lowest BCUT2D eigenvalue weighted by molar-refractivity contribution is -0.121. The highest BCUT2D eigenvalue weighted by Gasteiger charge is 2.18. The fourth-order valence-electron chi connectivity index (χ4n) is 2.15. The van der Waals surface area contributed by atoms with Crippen molar-refractivity contribution in [2.45, 2.75) is 52.6 Å². The lowest BCUT2D eigenvalue weighted by atomic mass is 10.1. The number of hydrazone groups is 1. The lowest BCUT2D eigenvalue weighted by Gasteiger charge is -2.30. The number of rotatable bonds is 6. The normalized spacial score (nSPS) is 15.7. The molecule has 2 amide bonds. The van der Waals surface area contributed by atoms with Crippen LogP contribution in [0.25, 0.3) is 0 Å². The standard InChI is InChI=1S/C13H24N4O2/c1-9(2)17(10(3)4)8-7-14-13(19)11-5-6-12(18)16-15-11/h9-10H,5-8H2,1-4H3,(H,14,19)(H,16,18). The summed E-state index contributed by atoms with van der Waals surface area (Å²) in [5.41, 5.74) is 2.73. The summed E-state index contributed by atoms with van der Waals surface area (Å²) in [6, 6.07) is 0.895. The summed E-state index contributed by atoms with van der Waals surface area (Å²) in [5.74, 6) is -0.324. The van der Waals surface area contributed by atoms with Gasteiger partial charge in [-0.25, -0.2) is 5.43 Å². The van der Waals surface area contributed by atoms with E-state index < -0.39 is 0 Å². The van der Waals surface area contributed by atoms with Gasteiger partial charge in [0.25, 0.3) is 5.91 Å². The topological polar surface area (TPSA) is 73.8 Å². The molecule has 1 aliphatic heterocycles. The maximum atomic E-state index is 11.8. The van der Waals surface area contributed by atoms with E-state index in [9.17, 15) is 9.59 Å². The molecule has 6 heteroatoms. The van der Waals surface area contributed by atoms with Gasteiger partial charge < -0.3 is 5.32 Å². The molecule has 0 radical (unpaired) electrons. The summed E-state index contributed by atoms with van der Waals surface area (Å²) >= 11 is 0. The Morgan fingerprint density at radius 3 is 2.42 bits per heavy atom. The molecule has 0 unspecified atom stereocenters. The molecule has 0 spiro atoms. The van der Waals surface area contributed by atoms with Crippen molar-refractivity contribution in [2.24, 2.45) is 5.10 Å². The molecule has 19 heavy (non-hydrogen) atoms. The Labute approximate surface area is 114 Å². The van der Waals surface area contributed by atoms with Crippen molar-refractivity contribution in [3.8, 4) is 0 Å². The zero-order valence-electron chi connectivity index (χ0n) is 12.2. The second kappa shape index (κ2) is 7.23. The number of nitrogens with zero attached hydrogens (tertiary/aromatic N) is 2. The molecule has 2 N–H and O–H groups in total. The van der Waals surface area contributed by atoms with Gasteiger partial charge in [-0.05, 0) is 27.7 Å². The van der Waals surface area contributed by atoms with E-state index >= 15 is 0 Å². The summed E-state index contributed by atoms with van der Waals surface area (Å²) in [7, 11) is 0. The van der Waals surface area contributed by atoms with Crippen LogP contribution in [0.15, 0.2) is 5.10 Å². The maximum absolute atomic E-state index is 11.8. The molecule has 108 valence electrons. The van der Waals surface area contributed by atoms with Crippen LogP contribution in [0.3, 0.4) is 0 Å². The predicted octanol–water partition coefficient (Wildman–Crippen LogP) is 0.487. The first-order valence-corrected chi connectivity index (χ1v) is 6.81. The molecule has 6 nitrogen and oxygen atoms in total. The summed E-state index contributed by atoms with van der Waals surface area (Å²) in [6.07, 6.45) is 0.742. The van der Waals surface area contributed by atoms with Crippen LogP contribution < -0.4 is 10.7 Å². The SMILES string of the molecule is CC(C)N(CCNC(=O)C1=NNC(=O)CC1)C(C)C. The molecule has 0 atom stereocenters. The average molecular weight is 268 g/mol. The average Bonchev–Trinajstić information content (AvgIpc) is 2.34. The molecule has 0 bridgehead atoms. The van der Waals surface area contributed by atoms with Crippen molar-refractivity contribution >= 4 is 17.5 Å². The molecule has 0 aliphatic carbocycles.